The zero-order valence-electron chi connectivity index (χ0n) is 21.9. The van der Waals surface area contributed by atoms with Gasteiger partial charge in [0.25, 0.3) is 6.47 Å². The molecular formula is C26H43N5O5. The van der Waals surface area contributed by atoms with E-state index in [4.69, 9.17) is 15.6 Å². The van der Waals surface area contributed by atoms with Gasteiger partial charge in [-0.2, -0.15) is 0 Å². The van der Waals surface area contributed by atoms with Crippen LogP contribution in [-0.2, 0) is 25.6 Å². The average molecular weight is 506 g/mol. The van der Waals surface area contributed by atoms with E-state index in [-0.39, 0.29) is 36.2 Å². The molecule has 0 aromatic heterocycles. The van der Waals surface area contributed by atoms with E-state index >= 15 is 0 Å². The lowest BCUT2D eigenvalue weighted by Crippen LogP contribution is -2.57. The van der Waals surface area contributed by atoms with Crippen LogP contribution in [0.2, 0.25) is 0 Å². The molecule has 0 spiro atoms. The Hall–Kier alpha value is -2.98. The second-order valence-corrected chi connectivity index (χ2v) is 9.34. The number of hydrogen-bond acceptors (Lipinski definition) is 6. The predicted molar refractivity (Wildman–Crippen MR) is 139 cm³/mol. The second kappa shape index (κ2) is 16.6. The zero-order chi connectivity index (χ0) is 27.1. The smallest absolute Gasteiger partial charge is 0.290 e. The molecule has 0 fully saturated rings. The Balaban J connectivity index is 0.00000205. The van der Waals surface area contributed by atoms with Gasteiger partial charge in [-0.15, -0.1) is 0 Å². The van der Waals surface area contributed by atoms with Crippen molar-refractivity contribution in [2.75, 3.05) is 13.6 Å². The molecule has 7 N–H and O–H groups in total. The summed E-state index contributed by atoms with van der Waals surface area (Å²) in [6, 6.07) is 6.29. The van der Waals surface area contributed by atoms with Gasteiger partial charge in [-0.05, 0) is 76.1 Å². The normalized spacial score (nSPS) is 16.9. The minimum atomic E-state index is -0.728. The first kappa shape index (κ1) is 31.1. The number of carboxylic acid groups (broad SMARTS) is 1. The Morgan fingerprint density at radius 2 is 1.75 bits per heavy atom. The molecule has 1 aromatic carbocycles. The molecule has 1 unspecified atom stereocenters. The number of amides is 3. The molecular weight excluding hydrogens is 462 g/mol. The summed E-state index contributed by atoms with van der Waals surface area (Å²) < 4.78 is 0. The van der Waals surface area contributed by atoms with Gasteiger partial charge in [-0.3, -0.25) is 19.2 Å². The van der Waals surface area contributed by atoms with E-state index in [0.717, 1.165) is 37.7 Å². The van der Waals surface area contributed by atoms with Crippen molar-refractivity contribution in [3.63, 3.8) is 0 Å². The van der Waals surface area contributed by atoms with Gasteiger partial charge in [-0.25, -0.2) is 0 Å². The summed E-state index contributed by atoms with van der Waals surface area (Å²) >= 11 is 0. The summed E-state index contributed by atoms with van der Waals surface area (Å²) in [5, 5.41) is 18.6. The highest BCUT2D eigenvalue weighted by molar-refractivity contribution is 5.93. The molecule has 1 aliphatic carbocycles. The molecule has 10 heteroatoms. The van der Waals surface area contributed by atoms with Crippen molar-refractivity contribution in [3.8, 4) is 0 Å². The minimum absolute atomic E-state index is 0.0616. The fraction of sp³-hybridized carbons (Fsp3) is 0.615. The molecule has 0 saturated carbocycles. The molecule has 0 radical (unpaired) electrons. The van der Waals surface area contributed by atoms with Gasteiger partial charge >= 0.3 is 0 Å². The zero-order valence-corrected chi connectivity index (χ0v) is 21.9. The topological polar surface area (TPSA) is 163 Å². The van der Waals surface area contributed by atoms with Gasteiger partial charge in [0.2, 0.25) is 17.7 Å². The largest absolute Gasteiger partial charge is 0.483 e. The highest BCUT2D eigenvalue weighted by atomic mass is 16.3. The molecule has 2 rings (SSSR count). The lowest BCUT2D eigenvalue weighted by Gasteiger charge is -2.30. The van der Waals surface area contributed by atoms with Crippen LogP contribution >= 0.6 is 0 Å². The standard InChI is InChI=1S/C25H41N5O3.CH2O2/c1-16(2)22(30-23(31)17(3)27-4)25(33)29-21(13-7-8-15-26)24(32)28-20-14-9-11-18-10-5-6-12-19(18)20;2-1-3/h5-6,10,12,16-17,20-22,27H,7-9,11,13-15,26H2,1-4H3,(H,28,32)(H,29,33)(H,30,31);1H,(H,2,3)/t17-,20?,21-,22-;/m0./s1. The van der Waals surface area contributed by atoms with Crippen LogP contribution in [0.4, 0.5) is 0 Å². The van der Waals surface area contributed by atoms with Crippen LogP contribution in [-0.4, -0.2) is 61.0 Å². The number of hydrogen-bond donors (Lipinski definition) is 6. The number of unbranched alkanes of at least 4 members (excludes halogenated alkanes) is 1. The van der Waals surface area contributed by atoms with Gasteiger partial charge in [0.1, 0.15) is 12.1 Å². The highest BCUT2D eigenvalue weighted by Gasteiger charge is 2.31. The number of carbonyl (C=O) groups excluding carboxylic acids is 3. The maximum absolute atomic E-state index is 13.3. The maximum atomic E-state index is 13.3. The van der Waals surface area contributed by atoms with Gasteiger partial charge in [0.05, 0.1) is 12.1 Å². The van der Waals surface area contributed by atoms with Crippen molar-refractivity contribution in [3.05, 3.63) is 35.4 Å². The quantitative estimate of drug-likeness (QED) is 0.184. The lowest BCUT2D eigenvalue weighted by atomic mass is 9.87. The Bertz CT molecular complexity index is 848. The molecule has 1 aromatic rings. The average Bonchev–Trinajstić information content (AvgIpc) is 2.86. The number of aryl methyl sites for hydroxylation is 1. The lowest BCUT2D eigenvalue weighted by molar-refractivity contribution is -0.133. The first-order valence-corrected chi connectivity index (χ1v) is 12.6. The first-order chi connectivity index (χ1) is 17.2. The van der Waals surface area contributed by atoms with Crippen LogP contribution in [0.1, 0.15) is 70.0 Å². The van der Waals surface area contributed by atoms with Crippen LogP contribution in [0.15, 0.2) is 24.3 Å². The fourth-order valence-electron chi connectivity index (χ4n) is 4.14. The molecule has 3 amide bonds. The first-order valence-electron chi connectivity index (χ1n) is 12.6. The molecule has 0 bridgehead atoms. The molecule has 36 heavy (non-hydrogen) atoms. The number of nitrogens with two attached hydrogens (primary N) is 1. The fourth-order valence-corrected chi connectivity index (χ4v) is 4.14. The van der Waals surface area contributed by atoms with E-state index in [0.29, 0.717) is 13.0 Å². The summed E-state index contributed by atoms with van der Waals surface area (Å²) in [7, 11) is 1.69. The van der Waals surface area contributed by atoms with E-state index in [2.05, 4.69) is 33.4 Å². The van der Waals surface area contributed by atoms with Gasteiger partial charge < -0.3 is 32.1 Å². The maximum Gasteiger partial charge on any atom is 0.290 e. The summed E-state index contributed by atoms with van der Waals surface area (Å²) in [6.45, 7) is 5.76. The third-order valence-corrected chi connectivity index (χ3v) is 6.34. The Labute approximate surface area is 214 Å². The molecule has 10 nitrogen and oxygen atoms in total. The molecule has 0 aliphatic heterocycles. The van der Waals surface area contributed by atoms with Crippen LogP contribution in [0.25, 0.3) is 0 Å². The summed E-state index contributed by atoms with van der Waals surface area (Å²) in [6.07, 6.45) is 4.90. The van der Waals surface area contributed by atoms with Crippen LogP contribution in [0.5, 0.6) is 0 Å². The number of carbonyl (C=O) groups is 4. The number of rotatable bonds is 12. The molecule has 202 valence electrons. The Morgan fingerprint density at radius 3 is 2.36 bits per heavy atom. The third kappa shape index (κ3) is 9.94. The van der Waals surface area contributed by atoms with Crippen molar-refractivity contribution >= 4 is 24.2 Å². The van der Waals surface area contributed by atoms with Gasteiger partial charge in [-0.1, -0.05) is 38.1 Å². The Morgan fingerprint density at radius 1 is 1.08 bits per heavy atom. The van der Waals surface area contributed by atoms with E-state index in [1.54, 1.807) is 14.0 Å². The van der Waals surface area contributed by atoms with E-state index in [1.165, 1.54) is 5.56 Å². The third-order valence-electron chi connectivity index (χ3n) is 6.34. The molecule has 4 atom stereocenters. The summed E-state index contributed by atoms with van der Waals surface area (Å²) in [4.78, 5) is 47.1. The molecule has 0 saturated heterocycles. The molecule has 0 heterocycles. The number of fused-ring (bicyclic) bond motifs is 1. The van der Waals surface area contributed by atoms with Crippen molar-refractivity contribution in [2.45, 2.75) is 83.5 Å². The van der Waals surface area contributed by atoms with Crippen molar-refractivity contribution in [1.82, 2.24) is 21.3 Å². The van der Waals surface area contributed by atoms with Crippen molar-refractivity contribution in [2.24, 2.45) is 11.7 Å². The number of benzene rings is 1. The highest BCUT2D eigenvalue weighted by Crippen LogP contribution is 2.29. The Kier molecular flexibility index (Phi) is 14.4. The monoisotopic (exact) mass is 505 g/mol. The predicted octanol–water partition coefficient (Wildman–Crippen LogP) is 1.24. The van der Waals surface area contributed by atoms with Crippen LogP contribution in [0.3, 0.4) is 0 Å². The minimum Gasteiger partial charge on any atom is -0.483 e. The second-order valence-electron chi connectivity index (χ2n) is 9.34. The SMILES string of the molecule is CN[C@@H](C)C(=O)N[C@H](C(=O)N[C@@H](CCCCN)C(=O)NC1CCCc2ccccc21)C(C)C.O=CO. The summed E-state index contributed by atoms with van der Waals surface area (Å²) in [5.41, 5.74) is 8.05. The van der Waals surface area contributed by atoms with E-state index < -0.39 is 18.1 Å². The van der Waals surface area contributed by atoms with Gasteiger partial charge in [0.15, 0.2) is 0 Å². The summed E-state index contributed by atoms with van der Waals surface area (Å²) in [5.74, 6) is -0.927. The van der Waals surface area contributed by atoms with E-state index in [9.17, 15) is 14.4 Å². The van der Waals surface area contributed by atoms with Crippen molar-refractivity contribution < 1.29 is 24.3 Å². The van der Waals surface area contributed by atoms with Crippen LogP contribution in [0, 0.1) is 5.92 Å². The number of nitrogens with one attached hydrogen (secondary N) is 4. The number of likely N-dealkylation sites (N-methyl/N-ethyl adjacent to an activating group) is 1. The van der Waals surface area contributed by atoms with Crippen LogP contribution < -0.4 is 27.0 Å². The van der Waals surface area contributed by atoms with Gasteiger partial charge in [0, 0.05) is 0 Å². The van der Waals surface area contributed by atoms with E-state index in [1.807, 2.05) is 26.0 Å². The van der Waals surface area contributed by atoms with Crippen molar-refractivity contribution in [1.29, 1.82) is 0 Å². The molecule has 1 aliphatic rings.